The second-order valence-corrected chi connectivity index (χ2v) is 15.1. The molecule has 24 nitrogen and oxygen atoms in total. The molecule has 1 aliphatic rings. The van der Waals surface area contributed by atoms with Crippen LogP contribution in [0.5, 0.6) is 0 Å². The summed E-state index contributed by atoms with van der Waals surface area (Å²) in [5.41, 5.74) is 19.1. The Morgan fingerprint density at radius 1 is 0.629 bits per heavy atom. The SMILES string of the molecule is CCc1c(CNC(=O)Nc2cc(C(=O)OC)c(C(=O)OC)cc2N)c(C)c2c(CC)c1CNC(=O)N(c1cc(C(=O)OC)c(C(=O)OC)cc1N)OC(=O)c1cc(c(N)cc1C(=O)OC)NC(=O)NC2. The standard InChI is InChI=1S/C46H51N9O15/c1-9-21-29(17-50-44(62)53-35-14-26(41(59)68-7)23(11-32(35)47)38(56)65-4)20(3)30-18-51-45(63)54-36-15-27(24(12-33(36)48)39(57)66-5)43(61)70-55(46(64)52-19-31(21)22(30)10-2)37-16-28(42(60)69-8)25(13-34(37)49)40(58)67-6/h11-16H,9-10,17-19,47-49H2,1-8H3,(H,52,64)(H2,50,53,62)(H2,51,54,63). The van der Waals surface area contributed by atoms with E-state index in [1.807, 2.05) is 13.8 Å². The molecule has 0 aromatic heterocycles. The average molecular weight is 970 g/mol. The summed E-state index contributed by atoms with van der Waals surface area (Å²) in [7, 11) is 5.36. The van der Waals surface area contributed by atoms with Crippen LogP contribution < -0.4 is 48.8 Å². The normalized spacial score (nSPS) is 12.5. The largest absolute Gasteiger partial charge is 0.465 e. The Labute approximate surface area is 399 Å². The second kappa shape index (κ2) is 22.1. The van der Waals surface area contributed by atoms with Crippen LogP contribution in [0.1, 0.15) is 109 Å². The molecular formula is C46H51N9O15. The molecule has 4 bridgehead atoms. The number of fused-ring (bicyclic) bond motifs is 4. The summed E-state index contributed by atoms with van der Waals surface area (Å²) in [4.78, 5) is 126. The maximum Gasteiger partial charge on any atom is 0.364 e. The number of rotatable bonds is 11. The third-order valence-corrected chi connectivity index (χ3v) is 11.2. The number of nitrogen functional groups attached to an aromatic ring is 3. The summed E-state index contributed by atoms with van der Waals surface area (Å²) >= 11 is 0. The van der Waals surface area contributed by atoms with Gasteiger partial charge in [-0.1, -0.05) is 13.8 Å². The van der Waals surface area contributed by atoms with Gasteiger partial charge in [0.25, 0.3) is 0 Å². The molecule has 0 unspecified atom stereocenters. The highest BCUT2D eigenvalue weighted by Crippen LogP contribution is 2.34. The predicted octanol–water partition coefficient (Wildman–Crippen LogP) is 4.24. The zero-order valence-corrected chi connectivity index (χ0v) is 39.3. The first-order chi connectivity index (χ1) is 33.3. The van der Waals surface area contributed by atoms with Crippen LogP contribution in [-0.4, -0.2) is 89.5 Å². The molecule has 4 aromatic carbocycles. The van der Waals surface area contributed by atoms with E-state index < -0.39 is 76.3 Å². The zero-order valence-electron chi connectivity index (χ0n) is 39.3. The van der Waals surface area contributed by atoms with E-state index in [2.05, 4.69) is 26.6 Å². The minimum Gasteiger partial charge on any atom is -0.465 e. The number of methoxy groups -OCH3 is 5. The van der Waals surface area contributed by atoms with Gasteiger partial charge >= 0.3 is 53.9 Å². The van der Waals surface area contributed by atoms with Crippen molar-refractivity contribution in [2.24, 2.45) is 0 Å². The summed E-state index contributed by atoms with van der Waals surface area (Å²) < 4.78 is 24.1. The van der Waals surface area contributed by atoms with Gasteiger partial charge in [-0.3, -0.25) is 0 Å². The molecule has 11 N–H and O–H groups in total. The average Bonchev–Trinajstić information content (AvgIpc) is 3.35. The fraction of sp³-hybridized carbons (Fsp3) is 0.283. The lowest BCUT2D eigenvalue weighted by Crippen LogP contribution is -2.42. The molecule has 0 saturated carbocycles. The van der Waals surface area contributed by atoms with E-state index in [1.54, 1.807) is 6.92 Å². The number of carbonyl (C=O) groups excluding carboxylic acids is 9. The van der Waals surface area contributed by atoms with Crippen LogP contribution in [0.2, 0.25) is 0 Å². The number of urea groups is 3. The van der Waals surface area contributed by atoms with Crippen molar-refractivity contribution in [2.75, 3.05) is 68.4 Å². The number of hydrogen-bond donors (Lipinski definition) is 8. The van der Waals surface area contributed by atoms with Gasteiger partial charge in [0.15, 0.2) is 0 Å². The van der Waals surface area contributed by atoms with Gasteiger partial charge in [-0.2, -0.15) is 0 Å². The van der Waals surface area contributed by atoms with Gasteiger partial charge in [-0.25, -0.2) is 43.2 Å². The lowest BCUT2D eigenvalue weighted by Gasteiger charge is -2.28. The maximum atomic E-state index is 14.6. The van der Waals surface area contributed by atoms with Crippen molar-refractivity contribution in [1.29, 1.82) is 0 Å². The molecule has 0 fully saturated rings. The number of nitrogens with one attached hydrogen (secondary N) is 5. The Hall–Kier alpha value is -9.09. The molecule has 1 aliphatic heterocycles. The van der Waals surface area contributed by atoms with Crippen LogP contribution in [0.4, 0.5) is 48.5 Å². The summed E-state index contributed by atoms with van der Waals surface area (Å²) in [6.07, 6.45) is 0.674. The fourth-order valence-corrected chi connectivity index (χ4v) is 7.76. The Balaban J connectivity index is 1.66. The highest BCUT2D eigenvalue weighted by atomic mass is 16.7. The number of hydrogen-bond acceptors (Lipinski definition) is 18. The van der Waals surface area contributed by atoms with Gasteiger partial charge < -0.3 is 72.3 Å². The molecule has 0 saturated heterocycles. The van der Waals surface area contributed by atoms with E-state index in [4.69, 9.17) is 45.7 Å². The lowest BCUT2D eigenvalue weighted by atomic mass is 9.84. The summed E-state index contributed by atoms with van der Waals surface area (Å²) in [5, 5.41) is 13.9. The number of nitrogens with two attached hydrogens (primary N) is 3. The topological polar surface area (TPSA) is 350 Å². The Morgan fingerprint density at radius 3 is 1.69 bits per heavy atom. The van der Waals surface area contributed by atoms with Gasteiger partial charge in [0, 0.05) is 19.6 Å². The van der Waals surface area contributed by atoms with Gasteiger partial charge in [0.1, 0.15) is 5.69 Å². The highest BCUT2D eigenvalue weighted by Gasteiger charge is 2.32. The van der Waals surface area contributed by atoms with Crippen LogP contribution >= 0.6 is 0 Å². The third-order valence-electron chi connectivity index (χ3n) is 11.2. The minimum absolute atomic E-state index is 0.0380. The molecule has 0 spiro atoms. The molecule has 0 atom stereocenters. The quantitative estimate of drug-likeness (QED) is 0.0592. The third kappa shape index (κ3) is 10.7. The fourth-order valence-electron chi connectivity index (χ4n) is 7.76. The van der Waals surface area contributed by atoms with Crippen LogP contribution in [0, 0.1) is 6.92 Å². The minimum atomic E-state index is -1.38. The molecule has 24 heteroatoms. The summed E-state index contributed by atoms with van der Waals surface area (Å²) in [6, 6.07) is 3.64. The van der Waals surface area contributed by atoms with Crippen LogP contribution in [0.3, 0.4) is 0 Å². The van der Waals surface area contributed by atoms with Gasteiger partial charge in [0.2, 0.25) is 0 Å². The van der Waals surface area contributed by atoms with Crippen molar-refractivity contribution >= 4 is 88.0 Å². The number of hydroxylamine groups is 1. The number of benzene rings is 4. The molecular weight excluding hydrogens is 919 g/mol. The number of anilines is 6. The monoisotopic (exact) mass is 969 g/mol. The van der Waals surface area contributed by atoms with E-state index in [0.29, 0.717) is 51.3 Å². The van der Waals surface area contributed by atoms with Crippen molar-refractivity contribution < 1.29 is 71.7 Å². The van der Waals surface area contributed by atoms with Gasteiger partial charge in [-0.05, 0) is 89.5 Å². The van der Waals surface area contributed by atoms with E-state index >= 15 is 0 Å². The molecule has 4 aromatic rings. The molecule has 1 heterocycles. The maximum absolute atomic E-state index is 14.6. The zero-order chi connectivity index (χ0) is 51.7. The number of esters is 5. The Kier molecular flexibility index (Phi) is 16.4. The molecule has 6 amide bonds. The Bertz CT molecular complexity index is 2850. The van der Waals surface area contributed by atoms with Crippen molar-refractivity contribution in [2.45, 2.75) is 53.2 Å². The number of nitrogens with zero attached hydrogens (tertiary/aromatic N) is 1. The summed E-state index contributed by atoms with van der Waals surface area (Å²) in [5.74, 6) is -6.24. The molecule has 0 aliphatic carbocycles. The highest BCUT2D eigenvalue weighted by molar-refractivity contribution is 6.10. The van der Waals surface area contributed by atoms with E-state index in [9.17, 15) is 43.2 Å². The van der Waals surface area contributed by atoms with E-state index in [1.165, 1.54) is 6.07 Å². The van der Waals surface area contributed by atoms with Crippen LogP contribution in [0.25, 0.3) is 0 Å². The van der Waals surface area contributed by atoms with Crippen LogP contribution in [0.15, 0.2) is 36.4 Å². The van der Waals surface area contributed by atoms with Crippen molar-refractivity contribution in [3.63, 3.8) is 0 Å². The number of amides is 6. The first-order valence-electron chi connectivity index (χ1n) is 21.1. The summed E-state index contributed by atoms with van der Waals surface area (Å²) in [6.45, 7) is 4.91. The first-order valence-corrected chi connectivity index (χ1v) is 21.1. The molecule has 5 rings (SSSR count). The number of ether oxygens (including phenoxy) is 5. The second-order valence-electron chi connectivity index (χ2n) is 15.1. The van der Waals surface area contributed by atoms with Crippen molar-refractivity contribution in [1.82, 2.24) is 16.0 Å². The smallest absolute Gasteiger partial charge is 0.364 e. The van der Waals surface area contributed by atoms with Gasteiger partial charge in [-0.15, -0.1) is 5.06 Å². The lowest BCUT2D eigenvalue weighted by molar-refractivity contribution is 0.0467. The van der Waals surface area contributed by atoms with Crippen LogP contribution in [-0.2, 0) is 61.0 Å². The Morgan fingerprint density at radius 2 is 1.13 bits per heavy atom. The molecule has 70 heavy (non-hydrogen) atoms. The predicted molar refractivity (Wildman–Crippen MR) is 251 cm³/mol. The molecule has 0 radical (unpaired) electrons. The van der Waals surface area contributed by atoms with E-state index in [-0.39, 0.29) is 64.8 Å². The number of carbonyl (C=O) groups is 9. The van der Waals surface area contributed by atoms with Crippen molar-refractivity contribution in [3.8, 4) is 0 Å². The van der Waals surface area contributed by atoms with E-state index in [0.717, 1.165) is 65.9 Å². The molecule has 370 valence electrons. The van der Waals surface area contributed by atoms with Gasteiger partial charge in [0.05, 0.1) is 97.4 Å². The first kappa shape index (κ1) is 51.9. The van der Waals surface area contributed by atoms with Crippen molar-refractivity contribution in [3.05, 3.63) is 103 Å².